The number of fused-ring (bicyclic) bond motifs is 1. The summed E-state index contributed by atoms with van der Waals surface area (Å²) in [6.07, 6.45) is 0.828. The quantitative estimate of drug-likeness (QED) is 0.675. The van der Waals surface area contributed by atoms with Crippen molar-refractivity contribution in [3.05, 3.63) is 29.3 Å². The molecule has 0 spiro atoms. The standard InChI is InChI=1S/C12H12N2S/c1-8(2)14-11-5-9(7-13)3-4-10(11)6-12(14)15/h3-5,8H,6H2,1-2H3. The summed E-state index contributed by atoms with van der Waals surface area (Å²) >= 11 is 5.34. The van der Waals surface area contributed by atoms with Crippen LogP contribution in [0.4, 0.5) is 5.69 Å². The lowest BCUT2D eigenvalue weighted by molar-refractivity contribution is 0.817. The Bertz CT molecular complexity index is 457. The molecule has 0 N–H and O–H groups in total. The Kier molecular flexibility index (Phi) is 2.45. The van der Waals surface area contributed by atoms with Gasteiger partial charge in [-0.05, 0) is 31.5 Å². The molecule has 0 saturated heterocycles. The molecule has 1 heterocycles. The fourth-order valence-electron chi connectivity index (χ4n) is 1.96. The largest absolute Gasteiger partial charge is 0.333 e. The summed E-state index contributed by atoms with van der Waals surface area (Å²) in [7, 11) is 0. The van der Waals surface area contributed by atoms with Gasteiger partial charge in [0.25, 0.3) is 0 Å². The van der Waals surface area contributed by atoms with Crippen molar-refractivity contribution in [3.8, 4) is 6.07 Å². The van der Waals surface area contributed by atoms with Crippen molar-refractivity contribution in [3.63, 3.8) is 0 Å². The first kappa shape index (κ1) is 10.1. The zero-order valence-corrected chi connectivity index (χ0v) is 9.64. The number of benzene rings is 1. The van der Waals surface area contributed by atoms with Crippen molar-refractivity contribution in [2.24, 2.45) is 0 Å². The van der Waals surface area contributed by atoms with E-state index in [1.54, 1.807) is 0 Å². The molecule has 0 aromatic heterocycles. The summed E-state index contributed by atoms with van der Waals surface area (Å²) in [5, 5.41) is 8.86. The summed E-state index contributed by atoms with van der Waals surface area (Å²) in [6.45, 7) is 4.22. The Morgan fingerprint density at radius 1 is 1.47 bits per heavy atom. The van der Waals surface area contributed by atoms with Gasteiger partial charge in [0.2, 0.25) is 0 Å². The molecule has 0 atom stereocenters. The monoisotopic (exact) mass is 216 g/mol. The van der Waals surface area contributed by atoms with E-state index in [-0.39, 0.29) is 0 Å². The highest BCUT2D eigenvalue weighted by Gasteiger charge is 2.26. The molecule has 0 radical (unpaired) electrons. The van der Waals surface area contributed by atoms with Crippen molar-refractivity contribution in [2.45, 2.75) is 26.3 Å². The molecule has 0 bridgehead atoms. The fraction of sp³-hybridized carbons (Fsp3) is 0.333. The van der Waals surface area contributed by atoms with Gasteiger partial charge in [0.05, 0.1) is 16.6 Å². The number of rotatable bonds is 1. The summed E-state index contributed by atoms with van der Waals surface area (Å²) in [6, 6.07) is 8.30. The van der Waals surface area contributed by atoms with Gasteiger partial charge in [-0.25, -0.2) is 0 Å². The van der Waals surface area contributed by atoms with Crippen LogP contribution in [0.5, 0.6) is 0 Å². The molecular formula is C12H12N2S. The fourth-order valence-corrected chi connectivity index (χ4v) is 2.42. The van der Waals surface area contributed by atoms with Crippen LogP contribution >= 0.6 is 12.2 Å². The zero-order chi connectivity index (χ0) is 11.0. The van der Waals surface area contributed by atoms with E-state index in [0.29, 0.717) is 11.6 Å². The van der Waals surface area contributed by atoms with Gasteiger partial charge in [-0.1, -0.05) is 18.3 Å². The highest BCUT2D eigenvalue weighted by Crippen LogP contribution is 2.32. The van der Waals surface area contributed by atoms with Crippen LogP contribution in [0.25, 0.3) is 0 Å². The van der Waals surface area contributed by atoms with E-state index >= 15 is 0 Å². The van der Waals surface area contributed by atoms with Crippen LogP contribution in [-0.2, 0) is 6.42 Å². The minimum absolute atomic E-state index is 0.354. The number of thiocarbonyl (C=S) groups is 1. The Hall–Kier alpha value is -1.40. The van der Waals surface area contributed by atoms with Crippen molar-refractivity contribution >= 4 is 22.9 Å². The summed E-state index contributed by atoms with van der Waals surface area (Å²) in [5.74, 6) is 0. The smallest absolute Gasteiger partial charge is 0.0992 e. The van der Waals surface area contributed by atoms with E-state index in [2.05, 4.69) is 24.8 Å². The van der Waals surface area contributed by atoms with Crippen molar-refractivity contribution < 1.29 is 0 Å². The third-order valence-electron chi connectivity index (χ3n) is 2.60. The average Bonchev–Trinajstić information content (AvgIpc) is 2.52. The predicted octanol–water partition coefficient (Wildman–Crippen LogP) is 2.66. The molecular weight excluding hydrogens is 204 g/mol. The Morgan fingerprint density at radius 2 is 2.20 bits per heavy atom. The van der Waals surface area contributed by atoms with Crippen molar-refractivity contribution in [2.75, 3.05) is 4.90 Å². The van der Waals surface area contributed by atoms with E-state index in [1.807, 2.05) is 18.2 Å². The first-order valence-corrected chi connectivity index (χ1v) is 5.39. The maximum atomic E-state index is 8.86. The molecule has 1 aromatic carbocycles. The van der Waals surface area contributed by atoms with Crippen LogP contribution in [0, 0.1) is 11.3 Å². The van der Waals surface area contributed by atoms with Crippen molar-refractivity contribution in [1.29, 1.82) is 5.26 Å². The van der Waals surface area contributed by atoms with Crippen LogP contribution in [0.15, 0.2) is 18.2 Å². The zero-order valence-electron chi connectivity index (χ0n) is 8.82. The summed E-state index contributed by atoms with van der Waals surface area (Å²) in [5.41, 5.74) is 3.03. The Labute approximate surface area is 95.1 Å². The van der Waals surface area contributed by atoms with Gasteiger partial charge in [-0.15, -0.1) is 0 Å². The molecule has 0 amide bonds. The van der Waals surface area contributed by atoms with Gasteiger partial charge in [-0.3, -0.25) is 0 Å². The molecule has 3 heteroatoms. The van der Waals surface area contributed by atoms with Crippen LogP contribution in [0.1, 0.15) is 25.0 Å². The van der Waals surface area contributed by atoms with Crippen molar-refractivity contribution in [1.82, 2.24) is 0 Å². The molecule has 0 unspecified atom stereocenters. The van der Waals surface area contributed by atoms with Gasteiger partial charge in [-0.2, -0.15) is 5.26 Å². The summed E-state index contributed by atoms with van der Waals surface area (Å²) in [4.78, 5) is 3.08. The third-order valence-corrected chi connectivity index (χ3v) is 2.94. The van der Waals surface area contributed by atoms with Crippen LogP contribution < -0.4 is 4.90 Å². The van der Waals surface area contributed by atoms with E-state index < -0.39 is 0 Å². The first-order valence-electron chi connectivity index (χ1n) is 4.98. The molecule has 0 saturated carbocycles. The number of anilines is 1. The number of nitrogens with zero attached hydrogens (tertiary/aromatic N) is 2. The van der Waals surface area contributed by atoms with Crippen LogP contribution in [-0.4, -0.2) is 11.0 Å². The minimum atomic E-state index is 0.354. The topological polar surface area (TPSA) is 27.0 Å². The van der Waals surface area contributed by atoms with E-state index in [9.17, 15) is 0 Å². The highest BCUT2D eigenvalue weighted by atomic mass is 32.1. The Balaban J connectivity index is 2.52. The molecule has 0 fully saturated rings. The molecule has 2 nitrogen and oxygen atoms in total. The molecule has 2 rings (SSSR count). The highest BCUT2D eigenvalue weighted by molar-refractivity contribution is 7.80. The number of hydrogen-bond acceptors (Lipinski definition) is 2. The molecule has 1 aliphatic heterocycles. The minimum Gasteiger partial charge on any atom is -0.333 e. The normalized spacial score (nSPS) is 14.3. The van der Waals surface area contributed by atoms with Gasteiger partial charge in [0.15, 0.2) is 0 Å². The van der Waals surface area contributed by atoms with E-state index in [0.717, 1.165) is 17.1 Å². The average molecular weight is 216 g/mol. The lowest BCUT2D eigenvalue weighted by Crippen LogP contribution is -2.32. The SMILES string of the molecule is CC(C)N1C(=S)Cc2ccc(C#N)cc21. The second-order valence-electron chi connectivity index (χ2n) is 3.99. The van der Waals surface area contributed by atoms with Gasteiger partial charge >= 0.3 is 0 Å². The Morgan fingerprint density at radius 3 is 2.80 bits per heavy atom. The maximum Gasteiger partial charge on any atom is 0.0992 e. The predicted molar refractivity (Wildman–Crippen MR) is 65.1 cm³/mol. The first-order chi connectivity index (χ1) is 7.13. The second-order valence-corrected chi connectivity index (χ2v) is 4.46. The molecule has 0 aliphatic carbocycles. The van der Waals surface area contributed by atoms with E-state index in [4.69, 9.17) is 17.5 Å². The molecule has 1 aromatic rings. The number of hydrogen-bond donors (Lipinski definition) is 0. The lowest BCUT2D eigenvalue weighted by Gasteiger charge is -2.24. The maximum absolute atomic E-state index is 8.86. The molecule has 15 heavy (non-hydrogen) atoms. The van der Waals surface area contributed by atoms with Gasteiger partial charge in [0, 0.05) is 18.2 Å². The van der Waals surface area contributed by atoms with Gasteiger partial charge in [0.1, 0.15) is 0 Å². The van der Waals surface area contributed by atoms with Crippen LogP contribution in [0.3, 0.4) is 0 Å². The number of nitriles is 1. The van der Waals surface area contributed by atoms with E-state index in [1.165, 1.54) is 5.56 Å². The molecule has 1 aliphatic rings. The molecule has 76 valence electrons. The van der Waals surface area contributed by atoms with Crippen LogP contribution in [0.2, 0.25) is 0 Å². The lowest BCUT2D eigenvalue weighted by atomic mass is 10.1. The summed E-state index contributed by atoms with van der Waals surface area (Å²) < 4.78 is 0. The van der Waals surface area contributed by atoms with Gasteiger partial charge < -0.3 is 4.90 Å². The second kappa shape index (κ2) is 3.63. The third kappa shape index (κ3) is 1.62.